The smallest absolute Gasteiger partial charge is 0.308 e. The molecule has 1 amide bonds. The Morgan fingerprint density at radius 3 is 2.74 bits per heavy atom. The Kier molecular flexibility index (Phi) is 5.20. The van der Waals surface area contributed by atoms with Gasteiger partial charge >= 0.3 is 5.69 Å². The van der Waals surface area contributed by atoms with E-state index in [1.807, 2.05) is 20.8 Å². The fourth-order valence-electron chi connectivity index (χ4n) is 2.78. The summed E-state index contributed by atoms with van der Waals surface area (Å²) in [4.78, 5) is 42.1. The van der Waals surface area contributed by atoms with E-state index in [0.29, 0.717) is 30.1 Å². The third-order valence-electron chi connectivity index (χ3n) is 4.18. The number of aromatic amines is 1. The summed E-state index contributed by atoms with van der Waals surface area (Å²) in [6.45, 7) is 5.88. The van der Waals surface area contributed by atoms with E-state index in [0.717, 1.165) is 5.69 Å². The molecule has 142 valence electrons. The number of nitrogens with one attached hydrogen (secondary N) is 2. The summed E-state index contributed by atoms with van der Waals surface area (Å²) in [7, 11) is 0. The van der Waals surface area contributed by atoms with Crippen LogP contribution in [0.15, 0.2) is 34.0 Å². The van der Waals surface area contributed by atoms with Gasteiger partial charge in [-0.15, -0.1) is 0 Å². The minimum Gasteiger partial charge on any atom is -0.308 e. The molecule has 3 rings (SSSR count). The lowest BCUT2D eigenvalue weighted by Crippen LogP contribution is -2.42. The van der Waals surface area contributed by atoms with Gasteiger partial charge in [0.05, 0.1) is 5.39 Å². The van der Waals surface area contributed by atoms with Crippen LogP contribution >= 0.6 is 0 Å². The SMILES string of the molecule is Cc1cc(NC(=O)Cn2c(=O)n(CCC(C)C)c(=O)c3cccnc32)n[nH]1. The quantitative estimate of drug-likeness (QED) is 0.678. The van der Waals surface area contributed by atoms with Crippen molar-refractivity contribution in [1.82, 2.24) is 24.3 Å². The Labute approximate surface area is 155 Å². The molecule has 0 saturated heterocycles. The van der Waals surface area contributed by atoms with E-state index in [1.165, 1.54) is 15.3 Å². The van der Waals surface area contributed by atoms with Gasteiger partial charge in [0.2, 0.25) is 5.91 Å². The minimum absolute atomic E-state index is 0.196. The standard InChI is InChI=1S/C18H22N6O3/c1-11(2)6-8-23-17(26)13-5-4-7-19-16(13)24(18(23)27)10-15(25)20-14-9-12(3)21-22-14/h4-5,7,9,11H,6,8,10H2,1-3H3,(H2,20,21,22,25). The Hall–Kier alpha value is -3.23. The molecule has 0 fully saturated rings. The predicted molar refractivity (Wildman–Crippen MR) is 102 cm³/mol. The number of carbonyl (C=O) groups excluding carboxylic acids is 1. The van der Waals surface area contributed by atoms with Gasteiger partial charge in [-0.3, -0.25) is 23.8 Å². The van der Waals surface area contributed by atoms with Crippen LogP contribution in [0.25, 0.3) is 11.0 Å². The average molecular weight is 370 g/mol. The van der Waals surface area contributed by atoms with Gasteiger partial charge in [0.15, 0.2) is 5.82 Å². The second-order valence-electron chi connectivity index (χ2n) is 6.87. The average Bonchev–Trinajstić information content (AvgIpc) is 3.03. The lowest BCUT2D eigenvalue weighted by Gasteiger charge is -2.13. The molecule has 0 unspecified atom stereocenters. The van der Waals surface area contributed by atoms with Crippen LogP contribution in [0.2, 0.25) is 0 Å². The van der Waals surface area contributed by atoms with Gasteiger partial charge < -0.3 is 5.32 Å². The van der Waals surface area contributed by atoms with Crippen molar-refractivity contribution < 1.29 is 4.79 Å². The van der Waals surface area contributed by atoms with E-state index >= 15 is 0 Å². The minimum atomic E-state index is -0.541. The van der Waals surface area contributed by atoms with E-state index in [9.17, 15) is 14.4 Å². The van der Waals surface area contributed by atoms with Crippen LogP contribution in [0.5, 0.6) is 0 Å². The van der Waals surface area contributed by atoms with Crippen LogP contribution < -0.4 is 16.6 Å². The third-order valence-corrected chi connectivity index (χ3v) is 4.18. The molecule has 3 aromatic rings. The maximum atomic E-state index is 12.9. The highest BCUT2D eigenvalue weighted by molar-refractivity contribution is 5.90. The second kappa shape index (κ2) is 7.56. The number of fused-ring (bicyclic) bond motifs is 1. The summed E-state index contributed by atoms with van der Waals surface area (Å²) >= 11 is 0. The highest BCUT2D eigenvalue weighted by atomic mass is 16.2. The van der Waals surface area contributed by atoms with E-state index in [-0.39, 0.29) is 17.8 Å². The Morgan fingerprint density at radius 1 is 1.30 bits per heavy atom. The number of amides is 1. The number of pyridine rings is 1. The normalized spacial score (nSPS) is 11.3. The van der Waals surface area contributed by atoms with Crippen molar-refractivity contribution in [2.24, 2.45) is 5.92 Å². The van der Waals surface area contributed by atoms with Crippen molar-refractivity contribution in [3.05, 3.63) is 50.9 Å². The van der Waals surface area contributed by atoms with E-state index in [2.05, 4.69) is 20.5 Å². The topological polar surface area (TPSA) is 115 Å². The Bertz CT molecular complexity index is 1090. The van der Waals surface area contributed by atoms with Crippen LogP contribution in [-0.4, -0.2) is 30.2 Å². The first-order chi connectivity index (χ1) is 12.9. The van der Waals surface area contributed by atoms with Crippen molar-refractivity contribution >= 4 is 22.8 Å². The summed E-state index contributed by atoms with van der Waals surface area (Å²) in [5, 5.41) is 9.62. The zero-order valence-electron chi connectivity index (χ0n) is 15.5. The second-order valence-corrected chi connectivity index (χ2v) is 6.87. The molecule has 0 spiro atoms. The first kappa shape index (κ1) is 18.6. The summed E-state index contributed by atoms with van der Waals surface area (Å²) in [6, 6.07) is 4.93. The monoisotopic (exact) mass is 370 g/mol. The van der Waals surface area contributed by atoms with E-state index < -0.39 is 11.6 Å². The molecule has 0 bridgehead atoms. The molecule has 9 nitrogen and oxygen atoms in total. The lowest BCUT2D eigenvalue weighted by molar-refractivity contribution is -0.116. The first-order valence-electron chi connectivity index (χ1n) is 8.77. The third kappa shape index (κ3) is 3.97. The van der Waals surface area contributed by atoms with Crippen molar-refractivity contribution in [1.29, 1.82) is 0 Å². The summed E-state index contributed by atoms with van der Waals surface area (Å²) in [5.41, 5.74) is 0.0713. The van der Waals surface area contributed by atoms with Gasteiger partial charge in [-0.1, -0.05) is 13.8 Å². The maximum absolute atomic E-state index is 12.9. The number of aromatic nitrogens is 5. The van der Waals surface area contributed by atoms with Crippen LogP contribution in [0, 0.1) is 12.8 Å². The van der Waals surface area contributed by atoms with Gasteiger partial charge in [-0.2, -0.15) is 5.10 Å². The molecular formula is C18H22N6O3. The van der Waals surface area contributed by atoms with Crippen molar-refractivity contribution in [2.75, 3.05) is 5.32 Å². The van der Waals surface area contributed by atoms with Crippen LogP contribution in [-0.2, 0) is 17.9 Å². The molecule has 3 heterocycles. The number of aryl methyl sites for hydroxylation is 1. The maximum Gasteiger partial charge on any atom is 0.333 e. The zero-order chi connectivity index (χ0) is 19.6. The summed E-state index contributed by atoms with van der Waals surface area (Å²) in [6.07, 6.45) is 2.17. The molecule has 27 heavy (non-hydrogen) atoms. The number of H-pyrrole nitrogens is 1. The Morgan fingerprint density at radius 2 is 2.07 bits per heavy atom. The first-order valence-corrected chi connectivity index (χ1v) is 8.77. The van der Waals surface area contributed by atoms with E-state index in [4.69, 9.17) is 0 Å². The lowest BCUT2D eigenvalue weighted by atomic mass is 10.1. The Balaban J connectivity index is 2.01. The van der Waals surface area contributed by atoms with Crippen LogP contribution in [0.3, 0.4) is 0 Å². The summed E-state index contributed by atoms with van der Waals surface area (Å²) in [5.74, 6) is 0.279. The fraction of sp³-hybridized carbons (Fsp3) is 0.389. The van der Waals surface area contributed by atoms with Gasteiger partial charge in [0.25, 0.3) is 5.56 Å². The predicted octanol–water partition coefficient (Wildman–Crippen LogP) is 1.27. The molecule has 0 aromatic carbocycles. The van der Waals surface area contributed by atoms with Crippen molar-refractivity contribution in [3.63, 3.8) is 0 Å². The number of hydrogen-bond acceptors (Lipinski definition) is 5. The molecule has 3 aromatic heterocycles. The molecule has 0 aliphatic heterocycles. The van der Waals surface area contributed by atoms with Crippen LogP contribution in [0.4, 0.5) is 5.82 Å². The molecule has 0 saturated carbocycles. The molecule has 0 radical (unpaired) electrons. The summed E-state index contributed by atoms with van der Waals surface area (Å²) < 4.78 is 2.40. The molecule has 0 atom stereocenters. The highest BCUT2D eigenvalue weighted by Crippen LogP contribution is 2.07. The van der Waals surface area contributed by atoms with Gasteiger partial charge in [-0.25, -0.2) is 9.78 Å². The van der Waals surface area contributed by atoms with Crippen molar-refractivity contribution in [2.45, 2.75) is 40.3 Å². The fourth-order valence-corrected chi connectivity index (χ4v) is 2.78. The largest absolute Gasteiger partial charge is 0.333 e. The van der Waals surface area contributed by atoms with Gasteiger partial charge in [0.1, 0.15) is 12.2 Å². The highest BCUT2D eigenvalue weighted by Gasteiger charge is 2.17. The van der Waals surface area contributed by atoms with Crippen molar-refractivity contribution in [3.8, 4) is 0 Å². The number of nitrogens with zero attached hydrogens (tertiary/aromatic N) is 4. The number of carbonyl (C=O) groups is 1. The number of anilines is 1. The zero-order valence-corrected chi connectivity index (χ0v) is 15.5. The van der Waals surface area contributed by atoms with Gasteiger partial charge in [-0.05, 0) is 31.4 Å². The molecule has 0 aliphatic carbocycles. The van der Waals surface area contributed by atoms with E-state index in [1.54, 1.807) is 18.2 Å². The van der Waals surface area contributed by atoms with Gasteiger partial charge in [0, 0.05) is 24.5 Å². The number of rotatable bonds is 6. The number of hydrogen-bond donors (Lipinski definition) is 2. The molecular weight excluding hydrogens is 348 g/mol. The molecule has 9 heteroatoms. The van der Waals surface area contributed by atoms with Crippen LogP contribution in [0.1, 0.15) is 26.0 Å². The molecule has 0 aliphatic rings. The molecule has 2 N–H and O–H groups in total.